The maximum Gasteiger partial charge on any atom is 0.261 e. The van der Waals surface area contributed by atoms with Gasteiger partial charge in [-0.3, -0.25) is 14.5 Å². The Morgan fingerprint density at radius 1 is 0.511 bits per heavy atom. The molecule has 0 atom stereocenters. The standard InChI is InChI=1S/C40H25N3O2/c44-39-33-16-8-15-30-27(21-22-34(35(30)33)40(45)43(39)23-24-9-2-1-3-10-24)25-17-19-26(20-18-25)38-41-36-31-13-6-4-11-28(31)29-12-5-7-14-32(29)37(36)42-38/h1-22H,23H2,(H,41,42). The van der Waals surface area contributed by atoms with Crippen LogP contribution >= 0.6 is 0 Å². The van der Waals surface area contributed by atoms with E-state index in [1.807, 2.05) is 60.7 Å². The van der Waals surface area contributed by atoms with Crippen molar-refractivity contribution in [3.8, 4) is 22.5 Å². The Morgan fingerprint density at radius 2 is 1.09 bits per heavy atom. The number of aromatic nitrogens is 2. The first kappa shape index (κ1) is 25.4. The third kappa shape index (κ3) is 3.84. The van der Waals surface area contributed by atoms with Crippen molar-refractivity contribution in [3.63, 3.8) is 0 Å². The van der Waals surface area contributed by atoms with Crippen LogP contribution in [-0.4, -0.2) is 26.7 Å². The summed E-state index contributed by atoms with van der Waals surface area (Å²) >= 11 is 0. The Bertz CT molecular complexity index is 2400. The van der Waals surface area contributed by atoms with Gasteiger partial charge in [0.25, 0.3) is 11.8 Å². The van der Waals surface area contributed by atoms with Gasteiger partial charge in [-0.05, 0) is 45.0 Å². The van der Waals surface area contributed by atoms with E-state index in [1.54, 1.807) is 0 Å². The van der Waals surface area contributed by atoms with E-state index in [1.165, 1.54) is 15.7 Å². The lowest BCUT2D eigenvalue weighted by Crippen LogP contribution is -2.39. The summed E-state index contributed by atoms with van der Waals surface area (Å²) in [5.74, 6) is 0.281. The SMILES string of the molecule is O=C1c2cccc3c(-c4ccc(-c5nc6c7ccccc7c7ccccc7c6[nH]5)cc4)ccc(c23)C(=O)N1Cc1ccccc1. The number of hydrogen-bond donors (Lipinski definition) is 1. The predicted molar refractivity (Wildman–Crippen MR) is 180 cm³/mol. The van der Waals surface area contributed by atoms with Crippen LogP contribution in [0.3, 0.4) is 0 Å². The molecular formula is C40H25N3O2. The van der Waals surface area contributed by atoms with Gasteiger partial charge >= 0.3 is 0 Å². The molecular weight excluding hydrogens is 554 g/mol. The average Bonchev–Trinajstić information content (AvgIpc) is 3.56. The maximum atomic E-state index is 13.6. The monoisotopic (exact) mass is 579 g/mol. The summed E-state index contributed by atoms with van der Waals surface area (Å²) < 4.78 is 0. The van der Waals surface area contributed by atoms with Gasteiger partial charge in [0.1, 0.15) is 5.82 Å². The molecule has 0 bridgehead atoms. The second-order valence-corrected chi connectivity index (χ2v) is 11.5. The van der Waals surface area contributed by atoms with Crippen molar-refractivity contribution in [1.82, 2.24) is 14.9 Å². The Labute approximate surface area is 258 Å². The predicted octanol–water partition coefficient (Wildman–Crippen LogP) is 9.15. The summed E-state index contributed by atoms with van der Waals surface area (Å²) in [4.78, 5) is 37.2. The zero-order valence-corrected chi connectivity index (χ0v) is 24.1. The minimum absolute atomic E-state index is 0.241. The zero-order valence-electron chi connectivity index (χ0n) is 24.1. The van der Waals surface area contributed by atoms with Gasteiger partial charge in [-0.25, -0.2) is 4.98 Å². The fraction of sp³-hybridized carbons (Fsp3) is 0.0250. The molecule has 0 unspecified atom stereocenters. The summed E-state index contributed by atoms with van der Waals surface area (Å²) in [6, 6.07) is 44.3. The molecule has 0 radical (unpaired) electrons. The lowest BCUT2D eigenvalue weighted by molar-refractivity contribution is 0.0598. The van der Waals surface area contributed by atoms with Gasteiger partial charge in [-0.2, -0.15) is 0 Å². The highest BCUT2D eigenvalue weighted by Gasteiger charge is 2.33. The van der Waals surface area contributed by atoms with E-state index in [9.17, 15) is 9.59 Å². The van der Waals surface area contributed by atoms with E-state index in [0.717, 1.165) is 60.7 Å². The van der Waals surface area contributed by atoms with Crippen LogP contribution in [0.25, 0.3) is 65.9 Å². The molecule has 1 aliphatic heterocycles. The van der Waals surface area contributed by atoms with Crippen LogP contribution in [0.1, 0.15) is 26.3 Å². The summed E-state index contributed by atoms with van der Waals surface area (Å²) in [5, 5.41) is 6.28. The lowest BCUT2D eigenvalue weighted by atomic mass is 9.89. The number of imide groups is 1. The van der Waals surface area contributed by atoms with Crippen molar-refractivity contribution in [2.45, 2.75) is 6.54 Å². The number of carbonyl (C=O) groups is 2. The largest absolute Gasteiger partial charge is 0.337 e. The van der Waals surface area contributed by atoms with Crippen molar-refractivity contribution >= 4 is 55.2 Å². The van der Waals surface area contributed by atoms with E-state index in [-0.39, 0.29) is 18.4 Å². The van der Waals surface area contributed by atoms with Gasteiger partial charge in [0.05, 0.1) is 17.6 Å². The van der Waals surface area contributed by atoms with E-state index in [4.69, 9.17) is 4.98 Å². The molecule has 0 fully saturated rings. The number of amides is 2. The molecule has 5 nitrogen and oxygen atoms in total. The Hall–Kier alpha value is -6.07. The fourth-order valence-corrected chi connectivity index (χ4v) is 6.88. The second kappa shape index (κ2) is 9.73. The van der Waals surface area contributed by atoms with Gasteiger partial charge < -0.3 is 4.98 Å². The quantitative estimate of drug-likeness (QED) is 0.167. The summed E-state index contributed by atoms with van der Waals surface area (Å²) in [5.41, 5.74) is 6.97. The molecule has 9 rings (SSSR count). The van der Waals surface area contributed by atoms with Crippen molar-refractivity contribution in [2.24, 2.45) is 0 Å². The van der Waals surface area contributed by atoms with Crippen LogP contribution in [0.15, 0.2) is 133 Å². The molecule has 2 amide bonds. The third-order valence-electron chi connectivity index (χ3n) is 9.02. The molecule has 0 spiro atoms. The van der Waals surface area contributed by atoms with Gasteiger partial charge in [-0.1, -0.05) is 121 Å². The molecule has 212 valence electrons. The summed E-state index contributed by atoms with van der Waals surface area (Å²) in [7, 11) is 0. The topological polar surface area (TPSA) is 66.1 Å². The molecule has 0 aliphatic carbocycles. The molecule has 45 heavy (non-hydrogen) atoms. The number of aromatic amines is 1. The Morgan fingerprint density at radius 3 is 1.84 bits per heavy atom. The minimum atomic E-state index is -0.264. The Balaban J connectivity index is 1.12. The smallest absolute Gasteiger partial charge is 0.261 e. The number of H-pyrrole nitrogens is 1. The van der Waals surface area contributed by atoms with Crippen molar-refractivity contribution in [2.75, 3.05) is 0 Å². The normalized spacial score (nSPS) is 13.0. The molecule has 1 aliphatic rings. The molecule has 5 heteroatoms. The number of benzene rings is 7. The van der Waals surface area contributed by atoms with Crippen molar-refractivity contribution in [1.29, 1.82) is 0 Å². The fourth-order valence-electron chi connectivity index (χ4n) is 6.88. The molecule has 0 saturated heterocycles. The van der Waals surface area contributed by atoms with Crippen molar-refractivity contribution in [3.05, 3.63) is 150 Å². The van der Waals surface area contributed by atoms with Crippen LogP contribution in [-0.2, 0) is 6.54 Å². The first-order chi connectivity index (χ1) is 22.2. The number of rotatable bonds is 4. The molecule has 2 heterocycles. The van der Waals surface area contributed by atoms with Gasteiger partial charge in [-0.15, -0.1) is 0 Å². The third-order valence-corrected chi connectivity index (χ3v) is 9.02. The van der Waals surface area contributed by atoms with E-state index >= 15 is 0 Å². The number of carbonyl (C=O) groups excluding carboxylic acids is 2. The molecule has 1 N–H and O–H groups in total. The highest BCUT2D eigenvalue weighted by molar-refractivity contribution is 6.27. The maximum absolute atomic E-state index is 13.6. The van der Waals surface area contributed by atoms with E-state index in [0.29, 0.717) is 11.1 Å². The number of nitrogens with zero attached hydrogens (tertiary/aromatic N) is 2. The first-order valence-corrected chi connectivity index (χ1v) is 15.0. The second-order valence-electron chi connectivity index (χ2n) is 11.5. The van der Waals surface area contributed by atoms with Crippen LogP contribution in [0.5, 0.6) is 0 Å². The lowest BCUT2D eigenvalue weighted by Gasteiger charge is -2.28. The average molecular weight is 580 g/mol. The molecule has 1 aromatic heterocycles. The summed E-state index contributed by atoms with van der Waals surface area (Å²) in [6.45, 7) is 0.241. The minimum Gasteiger partial charge on any atom is -0.337 e. The van der Waals surface area contributed by atoms with E-state index in [2.05, 4.69) is 77.8 Å². The molecule has 8 aromatic rings. The van der Waals surface area contributed by atoms with E-state index < -0.39 is 0 Å². The zero-order chi connectivity index (χ0) is 30.1. The number of fused-ring (bicyclic) bond motifs is 6. The molecule has 0 saturated carbocycles. The van der Waals surface area contributed by atoms with Gasteiger partial charge in [0.2, 0.25) is 0 Å². The first-order valence-electron chi connectivity index (χ1n) is 15.0. The van der Waals surface area contributed by atoms with Crippen LogP contribution in [0.2, 0.25) is 0 Å². The number of imidazole rings is 1. The molecule has 7 aromatic carbocycles. The van der Waals surface area contributed by atoms with Crippen LogP contribution in [0, 0.1) is 0 Å². The highest BCUT2D eigenvalue weighted by Crippen LogP contribution is 2.38. The highest BCUT2D eigenvalue weighted by atomic mass is 16.2. The Kier molecular flexibility index (Phi) is 5.50. The van der Waals surface area contributed by atoms with Gasteiger partial charge in [0, 0.05) is 32.8 Å². The number of nitrogens with one attached hydrogen (secondary N) is 1. The van der Waals surface area contributed by atoms with Crippen LogP contribution in [0.4, 0.5) is 0 Å². The van der Waals surface area contributed by atoms with Gasteiger partial charge in [0.15, 0.2) is 0 Å². The summed E-state index contributed by atoms with van der Waals surface area (Å²) in [6.07, 6.45) is 0. The number of hydrogen-bond acceptors (Lipinski definition) is 3. The van der Waals surface area contributed by atoms with Crippen LogP contribution < -0.4 is 0 Å². The van der Waals surface area contributed by atoms with Crippen molar-refractivity contribution < 1.29 is 9.59 Å².